The van der Waals surface area contributed by atoms with Crippen LogP contribution in [0.1, 0.15) is 31.4 Å². The van der Waals surface area contributed by atoms with Crippen molar-refractivity contribution in [2.75, 3.05) is 17.2 Å². The Labute approximate surface area is 228 Å². The number of hydrogen-bond acceptors (Lipinski definition) is 7. The quantitative estimate of drug-likeness (QED) is 0.254. The first-order chi connectivity index (χ1) is 17.6. The number of aromatic nitrogens is 1. The summed E-state index contributed by atoms with van der Waals surface area (Å²) in [5.74, 6) is -0.411. The number of hydrogen-bond donors (Lipinski definition) is 4. The minimum Gasteiger partial charge on any atom is -0.379 e. The molecule has 0 saturated heterocycles. The molecule has 7 nitrogen and oxygen atoms in total. The zero-order valence-corrected chi connectivity index (χ0v) is 21.6. The van der Waals surface area contributed by atoms with Crippen LogP contribution in [-0.4, -0.2) is 26.4 Å². The monoisotopic (exact) mass is 566 g/mol. The predicted molar refractivity (Wildman–Crippen MR) is 142 cm³/mol. The Balaban J connectivity index is 1.60. The molecule has 2 aliphatic rings. The molecule has 0 amide bonds. The molecule has 4 N–H and O–H groups in total. The van der Waals surface area contributed by atoms with Gasteiger partial charge in [0.25, 0.3) is 0 Å². The van der Waals surface area contributed by atoms with Crippen molar-refractivity contribution in [3.05, 3.63) is 76.5 Å². The van der Waals surface area contributed by atoms with Gasteiger partial charge in [-0.3, -0.25) is 9.99 Å². The van der Waals surface area contributed by atoms with Crippen molar-refractivity contribution in [2.24, 2.45) is 0 Å². The molecular formula is C24H20Cl4FN7. The highest BCUT2D eigenvalue weighted by molar-refractivity contribution is 6.67. The summed E-state index contributed by atoms with van der Waals surface area (Å²) in [5.41, 5.74) is 8.64. The van der Waals surface area contributed by atoms with E-state index in [4.69, 9.17) is 46.4 Å². The molecule has 2 heterocycles. The van der Waals surface area contributed by atoms with Crippen LogP contribution in [0.25, 0.3) is 10.9 Å². The van der Waals surface area contributed by atoms with Gasteiger partial charge in [0.2, 0.25) is 3.79 Å². The van der Waals surface area contributed by atoms with E-state index in [9.17, 15) is 11.0 Å². The summed E-state index contributed by atoms with van der Waals surface area (Å²) in [6.07, 6.45) is 5.31. The summed E-state index contributed by atoms with van der Waals surface area (Å²) in [6, 6.07) is 9.91. The van der Waals surface area contributed by atoms with Crippen molar-refractivity contribution in [2.45, 2.75) is 28.7 Å². The van der Waals surface area contributed by atoms with Crippen LogP contribution in [-0.2, 0) is 0 Å². The van der Waals surface area contributed by atoms with Crippen molar-refractivity contribution in [3.8, 4) is 6.07 Å². The molecule has 36 heavy (non-hydrogen) atoms. The molecule has 5 rings (SSSR count). The minimum absolute atomic E-state index is 0.0713. The molecule has 2 aromatic carbocycles. The maximum atomic E-state index is 13.7. The van der Waals surface area contributed by atoms with E-state index in [1.807, 2.05) is 11.2 Å². The van der Waals surface area contributed by atoms with E-state index in [0.29, 0.717) is 39.6 Å². The highest BCUT2D eigenvalue weighted by atomic mass is 35.6. The van der Waals surface area contributed by atoms with E-state index in [2.05, 4.69) is 32.6 Å². The van der Waals surface area contributed by atoms with Crippen LogP contribution in [0.3, 0.4) is 0 Å². The van der Waals surface area contributed by atoms with Crippen molar-refractivity contribution in [1.29, 1.82) is 5.26 Å². The van der Waals surface area contributed by atoms with Crippen LogP contribution in [0, 0.1) is 17.1 Å². The SMILES string of the molecule is [2H]C(Nc1cc(Cl)c2ncc(C#N)c(NCC(Cl)(Cl)Cl)c2c1)(C1=CN(C2CC2)NN1)c1ccc(F)cc1. The maximum Gasteiger partial charge on any atom is 0.207 e. The van der Waals surface area contributed by atoms with Gasteiger partial charge < -0.3 is 16.1 Å². The predicted octanol–water partition coefficient (Wildman–Crippen LogP) is 6.16. The number of nitrogens with zero attached hydrogens (tertiary/aromatic N) is 3. The summed E-state index contributed by atoms with van der Waals surface area (Å²) >= 11 is 24.4. The molecule has 1 fully saturated rings. The van der Waals surface area contributed by atoms with Gasteiger partial charge >= 0.3 is 0 Å². The van der Waals surface area contributed by atoms with Gasteiger partial charge in [0.15, 0.2) is 0 Å². The molecule has 0 bridgehead atoms. The van der Waals surface area contributed by atoms with E-state index >= 15 is 0 Å². The molecule has 0 radical (unpaired) electrons. The standard InChI is InChI=1S/C24H20Cl4FN7/c25-19-8-16(7-18-21(32-12-24(26,27)28)14(9-30)10-31-23(18)19)33-22(13-1-3-15(29)4-2-13)20-11-36(35-34-20)17-5-6-17/h1-4,7-8,10-11,17,22,33-35H,5-6,12H2,(H,31,32)/i22D. The van der Waals surface area contributed by atoms with Gasteiger partial charge in [-0.05, 0) is 42.7 Å². The third-order valence-corrected chi connectivity index (χ3v) is 6.40. The zero-order chi connectivity index (χ0) is 26.4. The Kier molecular flexibility index (Phi) is 6.59. The summed E-state index contributed by atoms with van der Waals surface area (Å²) in [4.78, 5) is 4.33. The molecule has 1 unspecified atom stereocenters. The molecule has 1 saturated carbocycles. The number of anilines is 2. The second-order valence-corrected chi connectivity index (χ2v) is 11.3. The lowest BCUT2D eigenvalue weighted by molar-refractivity contribution is 0.260. The van der Waals surface area contributed by atoms with Gasteiger partial charge in [-0.1, -0.05) is 58.5 Å². The number of fused-ring (bicyclic) bond motifs is 1. The Morgan fingerprint density at radius 1 is 1.28 bits per heavy atom. The summed E-state index contributed by atoms with van der Waals surface area (Å²) < 4.78 is 21.6. The molecular weight excluding hydrogens is 547 g/mol. The normalized spacial score (nSPS) is 17.6. The van der Waals surface area contributed by atoms with E-state index in [1.165, 1.54) is 18.3 Å². The second-order valence-electron chi connectivity index (χ2n) is 8.41. The summed E-state index contributed by atoms with van der Waals surface area (Å²) in [5, 5.41) is 18.6. The first-order valence-electron chi connectivity index (χ1n) is 11.5. The van der Waals surface area contributed by atoms with Gasteiger partial charge in [-0.2, -0.15) is 5.26 Å². The van der Waals surface area contributed by atoms with Crippen LogP contribution in [0.4, 0.5) is 15.8 Å². The fourth-order valence-electron chi connectivity index (χ4n) is 3.86. The van der Waals surface area contributed by atoms with Crippen molar-refractivity contribution in [1.82, 2.24) is 21.0 Å². The number of benzene rings is 2. The number of nitriles is 1. The minimum atomic E-state index is -1.61. The highest BCUT2D eigenvalue weighted by Gasteiger charge is 2.32. The van der Waals surface area contributed by atoms with Crippen LogP contribution in [0.15, 0.2) is 54.5 Å². The topological polar surface area (TPSA) is 88.0 Å². The van der Waals surface area contributed by atoms with Gasteiger partial charge in [0, 0.05) is 29.5 Å². The molecule has 1 atom stereocenters. The number of halogens is 5. The number of pyridine rings is 1. The zero-order valence-electron chi connectivity index (χ0n) is 19.5. The number of alkyl halides is 3. The molecule has 1 aliphatic heterocycles. The first kappa shape index (κ1) is 23.7. The van der Waals surface area contributed by atoms with Crippen LogP contribution in [0.5, 0.6) is 0 Å². The maximum absolute atomic E-state index is 13.7. The molecule has 12 heteroatoms. The van der Waals surface area contributed by atoms with Gasteiger partial charge in [-0.15, -0.1) is 5.53 Å². The van der Waals surface area contributed by atoms with Gasteiger partial charge in [0.1, 0.15) is 11.9 Å². The van der Waals surface area contributed by atoms with Crippen molar-refractivity contribution in [3.63, 3.8) is 0 Å². The van der Waals surface area contributed by atoms with E-state index in [1.54, 1.807) is 24.3 Å². The van der Waals surface area contributed by atoms with E-state index < -0.39 is 15.6 Å². The number of hydrazine groups is 2. The Hall–Kier alpha value is -2.67. The fraction of sp³-hybridized carbons (Fsp3) is 0.250. The van der Waals surface area contributed by atoms with Crippen LogP contribution >= 0.6 is 46.4 Å². The average Bonchev–Trinajstić information content (AvgIpc) is 3.58. The van der Waals surface area contributed by atoms with Crippen LogP contribution in [0.2, 0.25) is 5.02 Å². The highest BCUT2D eigenvalue weighted by Crippen LogP contribution is 2.37. The van der Waals surface area contributed by atoms with E-state index in [0.717, 1.165) is 12.8 Å². The smallest absolute Gasteiger partial charge is 0.207 e. The average molecular weight is 568 g/mol. The van der Waals surface area contributed by atoms with Gasteiger partial charge in [-0.25, -0.2) is 4.39 Å². The first-order valence-corrected chi connectivity index (χ1v) is 12.5. The lowest BCUT2D eigenvalue weighted by Crippen LogP contribution is -2.38. The number of nitrogens with one attached hydrogen (secondary N) is 4. The molecule has 1 aliphatic carbocycles. The third kappa shape index (κ3) is 5.51. The third-order valence-electron chi connectivity index (χ3n) is 5.71. The van der Waals surface area contributed by atoms with E-state index in [-0.39, 0.29) is 17.1 Å². The molecule has 1 aromatic heterocycles. The van der Waals surface area contributed by atoms with Gasteiger partial charge in [0.05, 0.1) is 41.4 Å². The Bertz CT molecular complexity index is 1420. The lowest BCUT2D eigenvalue weighted by atomic mass is 10.0. The van der Waals surface area contributed by atoms with Crippen molar-refractivity contribution < 1.29 is 5.76 Å². The Morgan fingerprint density at radius 2 is 2.03 bits per heavy atom. The van der Waals surface area contributed by atoms with Crippen LogP contribution < -0.4 is 21.6 Å². The molecule has 0 spiro atoms. The number of rotatable bonds is 7. The molecule has 3 aromatic rings. The molecule has 186 valence electrons. The lowest BCUT2D eigenvalue weighted by Gasteiger charge is -2.22. The summed E-state index contributed by atoms with van der Waals surface area (Å²) in [7, 11) is 0. The summed E-state index contributed by atoms with van der Waals surface area (Å²) in [6.45, 7) is -0.0713. The fourth-order valence-corrected chi connectivity index (χ4v) is 4.32. The second kappa shape index (κ2) is 10.0. The Morgan fingerprint density at radius 3 is 2.69 bits per heavy atom. The largest absolute Gasteiger partial charge is 0.379 e. The van der Waals surface area contributed by atoms with Crippen molar-refractivity contribution >= 4 is 68.7 Å².